The van der Waals surface area contributed by atoms with Crippen LogP contribution in [0.1, 0.15) is 22.5 Å². The van der Waals surface area contributed by atoms with Gasteiger partial charge < -0.3 is 17.3 Å². The lowest BCUT2D eigenvalue weighted by Gasteiger charge is -2.05. The van der Waals surface area contributed by atoms with Crippen molar-refractivity contribution in [1.82, 2.24) is 0 Å². The molecule has 1 nitrogen and oxygen atoms in total. The van der Waals surface area contributed by atoms with Crippen LogP contribution in [0.2, 0.25) is 0 Å². The molecule has 114 valence electrons. The zero-order valence-corrected chi connectivity index (χ0v) is 12.3. The molecule has 6 heteroatoms. The van der Waals surface area contributed by atoms with Gasteiger partial charge in [-0.25, -0.2) is 0 Å². The SMILES string of the molecule is Cc1cc(C)[n+](Cc2ccccc2)c(C)c1.F[B-](F)(F)F. The summed E-state index contributed by atoms with van der Waals surface area (Å²) in [6.07, 6.45) is 0. The number of hydrogen-bond donors (Lipinski definition) is 0. The molecule has 0 atom stereocenters. The minimum absolute atomic E-state index is 0.957. The van der Waals surface area contributed by atoms with Crippen molar-refractivity contribution in [3.63, 3.8) is 0 Å². The van der Waals surface area contributed by atoms with Gasteiger partial charge >= 0.3 is 7.25 Å². The summed E-state index contributed by atoms with van der Waals surface area (Å²) in [5, 5.41) is 0. The predicted molar refractivity (Wildman–Crippen MR) is 76.6 cm³/mol. The van der Waals surface area contributed by atoms with Crippen molar-refractivity contribution < 1.29 is 21.8 Å². The molecular weight excluding hydrogens is 281 g/mol. The number of nitrogens with zero attached hydrogens (tertiary/aromatic N) is 1. The van der Waals surface area contributed by atoms with Crippen LogP contribution in [0.25, 0.3) is 0 Å². The second-order valence-corrected chi connectivity index (χ2v) is 4.88. The molecule has 0 bridgehead atoms. The summed E-state index contributed by atoms with van der Waals surface area (Å²) in [5.74, 6) is 0. The second-order valence-electron chi connectivity index (χ2n) is 4.88. The largest absolute Gasteiger partial charge is 0.673 e. The molecule has 0 saturated carbocycles. The number of rotatable bonds is 2. The number of aromatic nitrogens is 1. The molecule has 0 N–H and O–H groups in total. The first-order valence-corrected chi connectivity index (χ1v) is 6.56. The van der Waals surface area contributed by atoms with Crippen LogP contribution in [-0.2, 0) is 6.54 Å². The number of hydrogen-bond acceptors (Lipinski definition) is 0. The van der Waals surface area contributed by atoms with E-state index in [4.69, 9.17) is 0 Å². The molecule has 2 aromatic rings. The van der Waals surface area contributed by atoms with Crippen LogP contribution in [0.5, 0.6) is 0 Å². The third-order valence-corrected chi connectivity index (χ3v) is 2.91. The lowest BCUT2D eigenvalue weighted by Crippen LogP contribution is -2.40. The van der Waals surface area contributed by atoms with Gasteiger partial charge in [-0.3, -0.25) is 0 Å². The lowest BCUT2D eigenvalue weighted by atomic mass is 10.1. The molecule has 0 unspecified atom stereocenters. The van der Waals surface area contributed by atoms with Crippen molar-refractivity contribution in [2.75, 3.05) is 0 Å². The second kappa shape index (κ2) is 7.25. The van der Waals surface area contributed by atoms with Crippen LogP contribution in [0.3, 0.4) is 0 Å². The summed E-state index contributed by atoms with van der Waals surface area (Å²) < 4.78 is 41.3. The average molecular weight is 299 g/mol. The topological polar surface area (TPSA) is 3.88 Å². The van der Waals surface area contributed by atoms with Gasteiger partial charge in [0.05, 0.1) is 0 Å². The first-order valence-electron chi connectivity index (χ1n) is 6.56. The quantitative estimate of drug-likeness (QED) is 0.443. The Labute approximate surface area is 122 Å². The van der Waals surface area contributed by atoms with E-state index in [1.165, 1.54) is 22.5 Å². The third kappa shape index (κ3) is 6.93. The maximum atomic E-state index is 9.75. The molecule has 1 aromatic carbocycles. The van der Waals surface area contributed by atoms with Crippen molar-refractivity contribution in [1.29, 1.82) is 0 Å². The normalized spacial score (nSPS) is 10.8. The Morgan fingerprint density at radius 1 is 0.857 bits per heavy atom. The summed E-state index contributed by atoms with van der Waals surface area (Å²) >= 11 is 0. The molecule has 0 aliphatic heterocycles. The maximum absolute atomic E-state index is 9.75. The van der Waals surface area contributed by atoms with Gasteiger partial charge in [-0.15, -0.1) is 0 Å². The fraction of sp³-hybridized carbons (Fsp3) is 0.267. The van der Waals surface area contributed by atoms with E-state index < -0.39 is 7.25 Å². The van der Waals surface area contributed by atoms with Gasteiger partial charge in [0.1, 0.15) is 0 Å². The molecule has 0 radical (unpaired) electrons. The van der Waals surface area contributed by atoms with Crippen LogP contribution in [0.15, 0.2) is 42.5 Å². The number of benzene rings is 1. The van der Waals surface area contributed by atoms with E-state index in [0.717, 1.165) is 6.54 Å². The van der Waals surface area contributed by atoms with Crippen LogP contribution in [0.4, 0.5) is 17.3 Å². The Morgan fingerprint density at radius 2 is 1.29 bits per heavy atom. The highest BCUT2D eigenvalue weighted by Crippen LogP contribution is 2.06. The molecule has 0 spiro atoms. The highest BCUT2D eigenvalue weighted by atomic mass is 19.5. The monoisotopic (exact) mass is 299 g/mol. The molecular formula is C15H18BF4N. The van der Waals surface area contributed by atoms with Gasteiger partial charge in [-0.2, -0.15) is 4.57 Å². The van der Waals surface area contributed by atoms with Gasteiger partial charge in [-0.1, -0.05) is 30.3 Å². The zero-order chi connectivity index (χ0) is 16.0. The van der Waals surface area contributed by atoms with E-state index in [0.29, 0.717) is 0 Å². The van der Waals surface area contributed by atoms with Crippen molar-refractivity contribution in [3.8, 4) is 0 Å². The van der Waals surface area contributed by atoms with E-state index in [2.05, 4.69) is 67.8 Å². The summed E-state index contributed by atoms with van der Waals surface area (Å²) in [5.41, 5.74) is 5.32. The Balaban J connectivity index is 0.000000383. The van der Waals surface area contributed by atoms with Gasteiger partial charge in [0.15, 0.2) is 17.9 Å². The van der Waals surface area contributed by atoms with E-state index in [1.807, 2.05) is 0 Å². The zero-order valence-electron chi connectivity index (χ0n) is 12.3. The first-order chi connectivity index (χ1) is 9.66. The molecule has 21 heavy (non-hydrogen) atoms. The van der Waals surface area contributed by atoms with Crippen molar-refractivity contribution in [2.45, 2.75) is 27.3 Å². The highest BCUT2D eigenvalue weighted by molar-refractivity contribution is 6.50. The van der Waals surface area contributed by atoms with Crippen LogP contribution >= 0.6 is 0 Å². The maximum Gasteiger partial charge on any atom is 0.673 e. The molecule has 1 heterocycles. The molecule has 2 rings (SSSR count). The molecule has 0 saturated heterocycles. The number of pyridine rings is 1. The van der Waals surface area contributed by atoms with Gasteiger partial charge in [0, 0.05) is 31.5 Å². The molecule has 0 aliphatic rings. The highest BCUT2D eigenvalue weighted by Gasteiger charge is 2.20. The fourth-order valence-electron chi connectivity index (χ4n) is 2.15. The Kier molecular flexibility index (Phi) is 5.94. The van der Waals surface area contributed by atoms with Crippen LogP contribution in [-0.4, -0.2) is 7.25 Å². The third-order valence-electron chi connectivity index (χ3n) is 2.91. The van der Waals surface area contributed by atoms with Crippen molar-refractivity contribution in [2.24, 2.45) is 0 Å². The first kappa shape index (κ1) is 17.2. The van der Waals surface area contributed by atoms with E-state index in [-0.39, 0.29) is 0 Å². The van der Waals surface area contributed by atoms with Gasteiger partial charge in [-0.05, 0) is 12.5 Å². The molecule has 1 aromatic heterocycles. The standard InChI is InChI=1S/C15H18N.BF4/c1-12-9-13(2)16(14(3)10-12)11-15-7-5-4-6-8-15;2-1(3,4)5/h4-10H,11H2,1-3H3;/q+1;-1. The molecule has 0 amide bonds. The summed E-state index contributed by atoms with van der Waals surface area (Å²) in [4.78, 5) is 0. The Hall–Kier alpha value is -1.85. The Morgan fingerprint density at radius 3 is 1.71 bits per heavy atom. The van der Waals surface area contributed by atoms with E-state index in [1.54, 1.807) is 0 Å². The minimum Gasteiger partial charge on any atom is -0.418 e. The average Bonchev–Trinajstić information content (AvgIpc) is 2.33. The van der Waals surface area contributed by atoms with Crippen molar-refractivity contribution in [3.05, 3.63) is 65.0 Å². The molecule has 0 fully saturated rings. The smallest absolute Gasteiger partial charge is 0.418 e. The lowest BCUT2D eigenvalue weighted by molar-refractivity contribution is -0.700. The summed E-state index contributed by atoms with van der Waals surface area (Å²) in [6, 6.07) is 15.1. The van der Waals surface area contributed by atoms with Crippen molar-refractivity contribution >= 4 is 7.25 Å². The van der Waals surface area contributed by atoms with E-state index >= 15 is 0 Å². The fourth-order valence-corrected chi connectivity index (χ4v) is 2.15. The van der Waals surface area contributed by atoms with Gasteiger partial charge in [0.2, 0.25) is 0 Å². The summed E-state index contributed by atoms with van der Waals surface area (Å²) in [6.45, 7) is 7.44. The Bertz CT molecular complexity index is 553. The number of halogens is 4. The van der Waals surface area contributed by atoms with Crippen LogP contribution < -0.4 is 4.57 Å². The van der Waals surface area contributed by atoms with E-state index in [9.17, 15) is 17.3 Å². The van der Waals surface area contributed by atoms with Crippen LogP contribution in [0, 0.1) is 20.8 Å². The molecule has 0 aliphatic carbocycles. The predicted octanol–water partition coefficient (Wildman–Crippen LogP) is 4.25. The van der Waals surface area contributed by atoms with Gasteiger partial charge in [0.25, 0.3) is 0 Å². The number of aryl methyl sites for hydroxylation is 3. The summed E-state index contributed by atoms with van der Waals surface area (Å²) in [7, 11) is -6.00. The minimum atomic E-state index is -6.00.